The number of benzene rings is 3. The molecule has 1 aliphatic heterocycles. The maximum absolute atomic E-state index is 14.5. The third-order valence-electron chi connectivity index (χ3n) is 8.61. The van der Waals surface area contributed by atoms with Crippen molar-refractivity contribution in [2.45, 2.75) is 55.2 Å². The fourth-order valence-corrected chi connectivity index (χ4v) is 7.07. The summed E-state index contributed by atoms with van der Waals surface area (Å²) in [5.41, 5.74) is 1.88. The van der Waals surface area contributed by atoms with Gasteiger partial charge in [-0.15, -0.1) is 11.8 Å². The molecule has 2 N–H and O–H groups in total. The molecule has 2 aromatic heterocycles. The first-order valence-electron chi connectivity index (χ1n) is 15.5. The number of hydrogen-bond donors (Lipinski definition) is 2. The number of alkyl halides is 3. The predicted octanol–water partition coefficient (Wildman–Crippen LogP) is 7.23. The SMILES string of the molecule is O=c1cc(SCc2cccc(F)c2F)n(CC(O)N(Cc2ccc(-c3ccc(C(F)(F)F)cc3)cc2)C2CCNCC2)c2ncccc12. The van der Waals surface area contributed by atoms with E-state index in [1.165, 1.54) is 30.3 Å². The van der Waals surface area contributed by atoms with Crippen LogP contribution in [-0.2, 0) is 25.0 Å². The minimum atomic E-state index is -4.41. The van der Waals surface area contributed by atoms with Gasteiger partial charge in [-0.25, -0.2) is 13.8 Å². The molecule has 0 aliphatic carbocycles. The standard InChI is InChI=1S/C36H33F5N4O2S/c37-30-5-1-3-26(34(30)38)22-48-33-19-31(46)29-4-2-16-43-35(29)45(33)21-32(47)44(28-14-17-42-18-15-28)20-23-6-8-24(9-7-23)25-10-12-27(13-11-25)36(39,40)41/h1-13,16,19,28,32,42,47H,14-15,17-18,20-22H2. The fraction of sp³-hybridized carbons (Fsp3) is 0.278. The normalized spacial score (nSPS) is 14.9. The van der Waals surface area contributed by atoms with Crippen molar-refractivity contribution < 1.29 is 27.1 Å². The highest BCUT2D eigenvalue weighted by Crippen LogP contribution is 2.32. The predicted molar refractivity (Wildman–Crippen MR) is 176 cm³/mol. The molecule has 0 radical (unpaired) electrons. The molecular weight excluding hydrogens is 647 g/mol. The molecule has 0 amide bonds. The molecule has 48 heavy (non-hydrogen) atoms. The maximum atomic E-state index is 14.5. The van der Waals surface area contributed by atoms with Gasteiger partial charge in [-0.2, -0.15) is 13.2 Å². The van der Waals surface area contributed by atoms with Crippen molar-refractivity contribution in [2.75, 3.05) is 13.1 Å². The van der Waals surface area contributed by atoms with E-state index < -0.39 is 29.6 Å². The topological polar surface area (TPSA) is 70.4 Å². The van der Waals surface area contributed by atoms with E-state index in [1.807, 2.05) is 29.2 Å². The smallest absolute Gasteiger partial charge is 0.376 e. The first kappa shape index (κ1) is 33.8. The minimum absolute atomic E-state index is 0.0342. The molecule has 1 atom stereocenters. The van der Waals surface area contributed by atoms with E-state index in [1.54, 1.807) is 22.9 Å². The zero-order valence-corrected chi connectivity index (χ0v) is 26.6. The Kier molecular flexibility index (Phi) is 10.3. The van der Waals surface area contributed by atoms with Gasteiger partial charge in [0.1, 0.15) is 11.9 Å². The lowest BCUT2D eigenvalue weighted by molar-refractivity contribution is -0.137. The van der Waals surface area contributed by atoms with Gasteiger partial charge in [0, 0.05) is 36.2 Å². The Morgan fingerprint density at radius 2 is 1.65 bits per heavy atom. The van der Waals surface area contributed by atoms with Gasteiger partial charge in [0.05, 0.1) is 22.5 Å². The molecule has 250 valence electrons. The number of aromatic nitrogens is 2. The number of thioether (sulfide) groups is 1. The van der Waals surface area contributed by atoms with Gasteiger partial charge in [-0.1, -0.05) is 48.5 Å². The van der Waals surface area contributed by atoms with Crippen LogP contribution in [0.5, 0.6) is 0 Å². The number of halogens is 5. The van der Waals surface area contributed by atoms with Crippen molar-refractivity contribution in [2.24, 2.45) is 0 Å². The van der Waals surface area contributed by atoms with Crippen LogP contribution in [0.4, 0.5) is 22.0 Å². The van der Waals surface area contributed by atoms with Crippen LogP contribution in [0.2, 0.25) is 0 Å². The zero-order valence-electron chi connectivity index (χ0n) is 25.8. The largest absolute Gasteiger partial charge is 0.416 e. The van der Waals surface area contributed by atoms with Crippen LogP contribution in [0.25, 0.3) is 22.2 Å². The lowest BCUT2D eigenvalue weighted by Gasteiger charge is -2.38. The minimum Gasteiger partial charge on any atom is -0.376 e. The Labute approximate surface area is 278 Å². The van der Waals surface area contributed by atoms with Gasteiger partial charge in [-0.05, 0) is 73.0 Å². The van der Waals surface area contributed by atoms with E-state index in [2.05, 4.69) is 10.3 Å². The van der Waals surface area contributed by atoms with Gasteiger partial charge in [0.25, 0.3) is 0 Å². The van der Waals surface area contributed by atoms with Gasteiger partial charge in [-0.3, -0.25) is 9.69 Å². The Morgan fingerprint density at radius 3 is 2.33 bits per heavy atom. The first-order chi connectivity index (χ1) is 23.1. The Balaban J connectivity index is 1.28. The molecule has 1 aliphatic rings. The molecule has 0 spiro atoms. The van der Waals surface area contributed by atoms with Crippen LogP contribution in [-0.4, -0.2) is 44.9 Å². The second-order valence-corrected chi connectivity index (χ2v) is 12.7. The molecule has 3 aromatic carbocycles. The van der Waals surface area contributed by atoms with E-state index in [0.29, 0.717) is 28.2 Å². The van der Waals surface area contributed by atoms with Crippen LogP contribution >= 0.6 is 11.8 Å². The van der Waals surface area contributed by atoms with Crippen LogP contribution in [0.15, 0.2) is 101 Å². The van der Waals surface area contributed by atoms with Crippen molar-refractivity contribution >= 4 is 22.8 Å². The number of nitrogens with one attached hydrogen (secondary N) is 1. The molecule has 6 nitrogen and oxygen atoms in total. The van der Waals surface area contributed by atoms with E-state index in [9.17, 15) is 31.9 Å². The average molecular weight is 681 g/mol. The number of aliphatic hydroxyl groups excluding tert-OH is 1. The Bertz CT molecular complexity index is 1930. The highest BCUT2D eigenvalue weighted by Gasteiger charge is 2.30. The Morgan fingerprint density at radius 1 is 0.958 bits per heavy atom. The molecule has 1 saturated heterocycles. The summed E-state index contributed by atoms with van der Waals surface area (Å²) in [7, 11) is 0. The molecule has 0 saturated carbocycles. The van der Waals surface area contributed by atoms with Gasteiger partial charge < -0.3 is 15.0 Å². The van der Waals surface area contributed by atoms with Crippen LogP contribution < -0.4 is 10.7 Å². The summed E-state index contributed by atoms with van der Waals surface area (Å²) in [6, 6.07) is 21.3. The number of rotatable bonds is 10. The second kappa shape index (κ2) is 14.6. The first-order valence-corrected chi connectivity index (χ1v) is 16.5. The molecule has 12 heteroatoms. The van der Waals surface area contributed by atoms with Crippen molar-refractivity contribution in [1.82, 2.24) is 19.8 Å². The van der Waals surface area contributed by atoms with Gasteiger partial charge in [0.2, 0.25) is 0 Å². The number of pyridine rings is 2. The molecule has 3 heterocycles. The average Bonchev–Trinajstić information content (AvgIpc) is 3.09. The number of piperidine rings is 1. The number of hydrogen-bond acceptors (Lipinski definition) is 6. The van der Waals surface area contributed by atoms with Crippen molar-refractivity contribution in [1.29, 1.82) is 0 Å². The lowest BCUT2D eigenvalue weighted by atomic mass is 10.0. The number of nitrogens with zero attached hydrogens (tertiary/aromatic N) is 3. The summed E-state index contributed by atoms with van der Waals surface area (Å²) >= 11 is 1.16. The molecule has 6 rings (SSSR count). The lowest BCUT2D eigenvalue weighted by Crippen LogP contribution is -2.49. The molecule has 1 unspecified atom stereocenters. The summed E-state index contributed by atoms with van der Waals surface area (Å²) in [6.07, 6.45) is -2.26. The highest BCUT2D eigenvalue weighted by molar-refractivity contribution is 7.98. The number of aliphatic hydroxyl groups is 1. The van der Waals surface area contributed by atoms with Crippen LogP contribution in [0.1, 0.15) is 29.5 Å². The molecule has 1 fully saturated rings. The van der Waals surface area contributed by atoms with Crippen LogP contribution in [0, 0.1) is 11.6 Å². The summed E-state index contributed by atoms with van der Waals surface area (Å²) in [6.45, 7) is 2.00. The van der Waals surface area contributed by atoms with Crippen molar-refractivity contribution in [3.05, 3.63) is 130 Å². The highest BCUT2D eigenvalue weighted by atomic mass is 32.2. The summed E-state index contributed by atoms with van der Waals surface area (Å²) in [5.74, 6) is -1.84. The van der Waals surface area contributed by atoms with E-state index >= 15 is 0 Å². The van der Waals surface area contributed by atoms with Gasteiger partial charge in [0.15, 0.2) is 17.1 Å². The van der Waals surface area contributed by atoms with E-state index in [0.717, 1.165) is 67.0 Å². The summed E-state index contributed by atoms with van der Waals surface area (Å²) in [4.78, 5) is 19.5. The van der Waals surface area contributed by atoms with E-state index in [4.69, 9.17) is 0 Å². The van der Waals surface area contributed by atoms with Crippen LogP contribution in [0.3, 0.4) is 0 Å². The second-order valence-electron chi connectivity index (χ2n) is 11.7. The van der Waals surface area contributed by atoms with E-state index in [-0.39, 0.29) is 29.3 Å². The van der Waals surface area contributed by atoms with Crippen molar-refractivity contribution in [3.63, 3.8) is 0 Å². The zero-order chi connectivity index (χ0) is 33.8. The third kappa shape index (κ3) is 7.62. The summed E-state index contributed by atoms with van der Waals surface area (Å²) < 4.78 is 69.2. The third-order valence-corrected chi connectivity index (χ3v) is 9.70. The molecule has 5 aromatic rings. The molecule has 0 bridgehead atoms. The number of fused-ring (bicyclic) bond motifs is 1. The Hall–Kier alpha value is -4.10. The summed E-state index contributed by atoms with van der Waals surface area (Å²) in [5, 5.41) is 16.1. The quantitative estimate of drug-likeness (QED) is 0.0923. The maximum Gasteiger partial charge on any atom is 0.416 e. The monoisotopic (exact) mass is 680 g/mol. The van der Waals surface area contributed by atoms with Gasteiger partial charge >= 0.3 is 6.18 Å². The van der Waals surface area contributed by atoms with Crippen molar-refractivity contribution in [3.8, 4) is 11.1 Å². The molecular formula is C36H33F5N4O2S. The fourth-order valence-electron chi connectivity index (χ4n) is 6.03.